The third-order valence-corrected chi connectivity index (χ3v) is 8.17. The Hall–Kier alpha value is -1.94. The average Bonchev–Trinajstić information content (AvgIpc) is 3.23. The summed E-state index contributed by atoms with van der Waals surface area (Å²) in [5.41, 5.74) is 1.66. The third kappa shape index (κ3) is 4.38. The van der Waals surface area contributed by atoms with Gasteiger partial charge in [-0.2, -0.15) is 4.31 Å². The highest BCUT2D eigenvalue weighted by Crippen LogP contribution is 2.26. The lowest BCUT2D eigenvalue weighted by atomic mass is 10.2. The number of piperazine rings is 1. The molecule has 1 aromatic heterocycles. The largest absolute Gasteiger partial charge is 0.495 e. The van der Waals surface area contributed by atoms with E-state index in [1.165, 1.54) is 15.6 Å². The van der Waals surface area contributed by atoms with Gasteiger partial charge in [0.1, 0.15) is 9.96 Å². The zero-order valence-corrected chi connectivity index (χ0v) is 17.8. The molecule has 1 aromatic carbocycles. The summed E-state index contributed by atoms with van der Waals surface area (Å²) < 4.78 is 32.4. The summed E-state index contributed by atoms with van der Waals surface area (Å²) in [6.07, 6.45) is 0. The van der Waals surface area contributed by atoms with Crippen molar-refractivity contribution in [3.05, 3.63) is 41.3 Å². The van der Waals surface area contributed by atoms with Crippen LogP contribution < -0.4 is 10.1 Å². The molecular formula is C19H25N3O4S2. The second-order valence-corrected chi connectivity index (χ2v) is 9.85. The maximum absolute atomic E-state index is 12.7. The van der Waals surface area contributed by atoms with E-state index in [4.69, 9.17) is 4.74 Å². The SMILES string of the molecule is COc1ccc(C)cc1NC(=O)[C@H](C)N1CCN(S(=O)(=O)c2cccs2)CC1. The summed E-state index contributed by atoms with van der Waals surface area (Å²) >= 11 is 1.22. The molecule has 0 unspecified atom stereocenters. The van der Waals surface area contributed by atoms with Crippen LogP contribution >= 0.6 is 11.3 Å². The van der Waals surface area contributed by atoms with E-state index in [1.807, 2.05) is 36.9 Å². The van der Waals surface area contributed by atoms with Crippen molar-refractivity contribution in [2.24, 2.45) is 0 Å². The molecule has 0 spiro atoms. The number of nitrogens with one attached hydrogen (secondary N) is 1. The standard InChI is InChI=1S/C19H25N3O4S2/c1-14-6-7-17(26-3)16(13-14)20-19(23)15(2)21-8-10-22(11-9-21)28(24,25)18-5-4-12-27-18/h4-7,12-13,15H,8-11H2,1-3H3,(H,20,23)/t15-/m0/s1. The molecule has 1 fully saturated rings. The van der Waals surface area contributed by atoms with E-state index in [2.05, 4.69) is 5.32 Å². The molecule has 0 radical (unpaired) electrons. The van der Waals surface area contributed by atoms with E-state index in [0.717, 1.165) is 5.56 Å². The molecule has 3 rings (SSSR count). The Labute approximate surface area is 170 Å². The lowest BCUT2D eigenvalue weighted by Crippen LogP contribution is -2.53. The van der Waals surface area contributed by atoms with Gasteiger partial charge in [-0.15, -0.1) is 11.3 Å². The highest BCUT2D eigenvalue weighted by atomic mass is 32.2. The van der Waals surface area contributed by atoms with Crippen LogP contribution in [-0.4, -0.2) is 62.9 Å². The second kappa shape index (κ2) is 8.60. The number of carbonyl (C=O) groups excluding carboxylic acids is 1. The van der Waals surface area contributed by atoms with Crippen LogP contribution in [-0.2, 0) is 14.8 Å². The minimum absolute atomic E-state index is 0.140. The minimum Gasteiger partial charge on any atom is -0.495 e. The summed E-state index contributed by atoms with van der Waals surface area (Å²) in [6, 6.07) is 8.60. The summed E-state index contributed by atoms with van der Waals surface area (Å²) in [4.78, 5) is 14.7. The number of carbonyl (C=O) groups is 1. The molecule has 152 valence electrons. The van der Waals surface area contributed by atoms with Gasteiger partial charge in [0, 0.05) is 26.2 Å². The van der Waals surface area contributed by atoms with Gasteiger partial charge in [-0.3, -0.25) is 9.69 Å². The number of thiophene rings is 1. The second-order valence-electron chi connectivity index (χ2n) is 6.74. The fourth-order valence-corrected chi connectivity index (χ4v) is 5.76. The highest BCUT2D eigenvalue weighted by molar-refractivity contribution is 7.91. The van der Waals surface area contributed by atoms with Crippen molar-refractivity contribution in [2.75, 3.05) is 38.6 Å². The van der Waals surface area contributed by atoms with E-state index in [1.54, 1.807) is 24.6 Å². The molecule has 1 aliphatic rings. The molecule has 0 bridgehead atoms. The van der Waals surface area contributed by atoms with Crippen molar-refractivity contribution in [2.45, 2.75) is 24.1 Å². The number of benzene rings is 1. The van der Waals surface area contributed by atoms with Crippen LogP contribution in [0.5, 0.6) is 5.75 Å². The Morgan fingerprint density at radius 3 is 2.54 bits per heavy atom. The number of rotatable bonds is 6. The zero-order valence-electron chi connectivity index (χ0n) is 16.2. The fraction of sp³-hybridized carbons (Fsp3) is 0.421. The van der Waals surface area contributed by atoms with E-state index in [0.29, 0.717) is 41.8 Å². The number of sulfonamides is 1. The Morgan fingerprint density at radius 1 is 1.21 bits per heavy atom. The number of hydrogen-bond donors (Lipinski definition) is 1. The van der Waals surface area contributed by atoms with Gasteiger partial charge < -0.3 is 10.1 Å². The van der Waals surface area contributed by atoms with Gasteiger partial charge in [-0.25, -0.2) is 8.42 Å². The lowest BCUT2D eigenvalue weighted by molar-refractivity contribution is -0.121. The van der Waals surface area contributed by atoms with E-state index in [9.17, 15) is 13.2 Å². The molecule has 0 aliphatic carbocycles. The number of nitrogens with zero attached hydrogens (tertiary/aromatic N) is 2. The predicted octanol–water partition coefficient (Wildman–Crippen LogP) is 2.40. The Balaban J connectivity index is 1.61. The van der Waals surface area contributed by atoms with Crippen LogP contribution in [0.2, 0.25) is 0 Å². The van der Waals surface area contributed by atoms with Crippen molar-refractivity contribution in [1.82, 2.24) is 9.21 Å². The monoisotopic (exact) mass is 423 g/mol. The third-order valence-electron chi connectivity index (χ3n) is 4.90. The summed E-state index contributed by atoms with van der Waals surface area (Å²) in [7, 11) is -1.88. The van der Waals surface area contributed by atoms with Crippen molar-refractivity contribution >= 4 is 33.0 Å². The molecule has 0 saturated carbocycles. The van der Waals surface area contributed by atoms with Crippen LogP contribution in [0, 0.1) is 6.92 Å². The van der Waals surface area contributed by atoms with Gasteiger partial charge in [-0.05, 0) is 43.0 Å². The molecule has 1 aliphatic heterocycles. The van der Waals surface area contributed by atoms with E-state index < -0.39 is 10.0 Å². The summed E-state index contributed by atoms with van der Waals surface area (Å²) in [5.74, 6) is 0.469. The number of anilines is 1. The Morgan fingerprint density at radius 2 is 1.93 bits per heavy atom. The van der Waals surface area contributed by atoms with Gasteiger partial charge in [0.15, 0.2) is 0 Å². The van der Waals surface area contributed by atoms with Crippen LogP contribution in [0.3, 0.4) is 0 Å². The molecule has 9 heteroatoms. The van der Waals surface area contributed by atoms with Gasteiger partial charge >= 0.3 is 0 Å². The molecule has 2 aromatic rings. The number of methoxy groups -OCH3 is 1. The summed E-state index contributed by atoms with van der Waals surface area (Å²) in [5, 5.41) is 4.69. The Kier molecular flexibility index (Phi) is 6.39. The quantitative estimate of drug-likeness (QED) is 0.772. The van der Waals surface area contributed by atoms with Crippen LogP contribution in [0.15, 0.2) is 39.9 Å². The summed E-state index contributed by atoms with van der Waals surface area (Å²) in [6.45, 7) is 5.53. The van der Waals surface area contributed by atoms with Crippen molar-refractivity contribution in [3.63, 3.8) is 0 Å². The minimum atomic E-state index is -3.44. The lowest BCUT2D eigenvalue weighted by Gasteiger charge is -2.36. The maximum Gasteiger partial charge on any atom is 0.252 e. The van der Waals surface area contributed by atoms with Gasteiger partial charge in [-0.1, -0.05) is 12.1 Å². The van der Waals surface area contributed by atoms with Crippen LogP contribution in [0.25, 0.3) is 0 Å². The fourth-order valence-electron chi connectivity index (χ4n) is 3.19. The van der Waals surface area contributed by atoms with Gasteiger partial charge in [0.2, 0.25) is 5.91 Å². The van der Waals surface area contributed by atoms with Crippen molar-refractivity contribution in [1.29, 1.82) is 0 Å². The van der Waals surface area contributed by atoms with Gasteiger partial charge in [0.25, 0.3) is 10.0 Å². The molecule has 28 heavy (non-hydrogen) atoms. The van der Waals surface area contributed by atoms with Gasteiger partial charge in [0.05, 0.1) is 18.8 Å². The Bertz CT molecular complexity index is 921. The number of ether oxygens (including phenoxy) is 1. The number of amides is 1. The van der Waals surface area contributed by atoms with Crippen molar-refractivity contribution < 1.29 is 17.9 Å². The molecule has 1 amide bonds. The first-order valence-electron chi connectivity index (χ1n) is 9.06. The first kappa shape index (κ1) is 20.8. The molecule has 1 saturated heterocycles. The molecule has 7 nitrogen and oxygen atoms in total. The molecule has 1 atom stereocenters. The topological polar surface area (TPSA) is 79.0 Å². The predicted molar refractivity (Wildman–Crippen MR) is 110 cm³/mol. The first-order chi connectivity index (χ1) is 13.3. The van der Waals surface area contributed by atoms with Crippen molar-refractivity contribution in [3.8, 4) is 5.75 Å². The number of aryl methyl sites for hydroxylation is 1. The zero-order chi connectivity index (χ0) is 20.3. The van der Waals surface area contributed by atoms with Crippen LogP contribution in [0.1, 0.15) is 12.5 Å². The van der Waals surface area contributed by atoms with Crippen LogP contribution in [0.4, 0.5) is 5.69 Å². The number of hydrogen-bond acceptors (Lipinski definition) is 6. The first-order valence-corrected chi connectivity index (χ1v) is 11.4. The molecular weight excluding hydrogens is 398 g/mol. The normalized spacial score (nSPS) is 17.2. The smallest absolute Gasteiger partial charge is 0.252 e. The molecule has 2 heterocycles. The van der Waals surface area contributed by atoms with E-state index in [-0.39, 0.29) is 11.9 Å². The average molecular weight is 424 g/mol. The highest BCUT2D eigenvalue weighted by Gasteiger charge is 2.32. The maximum atomic E-state index is 12.7. The molecule has 1 N–H and O–H groups in total. The van der Waals surface area contributed by atoms with E-state index >= 15 is 0 Å².